The number of fused-ring (bicyclic) bond motifs is 1. The molecular formula is C23H17BrN4O4. The van der Waals surface area contributed by atoms with Crippen LogP contribution in [0.2, 0.25) is 0 Å². The van der Waals surface area contributed by atoms with Crippen molar-refractivity contribution >= 4 is 45.2 Å². The lowest BCUT2D eigenvalue weighted by Gasteiger charge is -2.15. The maximum atomic E-state index is 12.5. The van der Waals surface area contributed by atoms with Gasteiger partial charge in [-0.3, -0.25) is 29.1 Å². The van der Waals surface area contributed by atoms with Crippen LogP contribution in [0.25, 0.3) is 0 Å². The minimum atomic E-state index is -0.509. The van der Waals surface area contributed by atoms with Gasteiger partial charge in [0.2, 0.25) is 5.91 Å². The number of halogens is 1. The van der Waals surface area contributed by atoms with Crippen molar-refractivity contribution in [2.45, 2.75) is 6.54 Å². The van der Waals surface area contributed by atoms with Gasteiger partial charge in [0.15, 0.2) is 0 Å². The standard InChI is InChI=1S/C23H17BrN4O4/c24-16-7-8-17-18(10-16)23(32)28(22(17)31)13-20(29)26-12-14-4-1-2-6-19(14)27-21(30)15-5-3-9-25-11-15/h1-11H,12-13H2,(H,26,29)(H,27,30). The van der Waals surface area contributed by atoms with Gasteiger partial charge in [-0.1, -0.05) is 34.1 Å². The Bertz CT molecular complexity index is 1230. The zero-order chi connectivity index (χ0) is 22.7. The number of nitrogens with one attached hydrogen (secondary N) is 2. The Balaban J connectivity index is 1.39. The minimum absolute atomic E-state index is 0.108. The first-order chi connectivity index (χ1) is 15.4. The van der Waals surface area contributed by atoms with Crippen molar-refractivity contribution in [1.82, 2.24) is 15.2 Å². The summed E-state index contributed by atoms with van der Waals surface area (Å²) in [6.07, 6.45) is 3.04. The molecule has 2 aromatic carbocycles. The average molecular weight is 493 g/mol. The molecule has 0 aliphatic carbocycles. The number of nitrogens with zero attached hydrogens (tertiary/aromatic N) is 2. The summed E-state index contributed by atoms with van der Waals surface area (Å²) in [7, 11) is 0. The summed E-state index contributed by atoms with van der Waals surface area (Å²) in [6.45, 7) is -0.286. The highest BCUT2D eigenvalue weighted by molar-refractivity contribution is 9.10. The van der Waals surface area contributed by atoms with Crippen LogP contribution >= 0.6 is 15.9 Å². The predicted octanol–water partition coefficient (Wildman–Crippen LogP) is 3.01. The summed E-state index contributed by atoms with van der Waals surface area (Å²) in [5, 5.41) is 5.50. The lowest BCUT2D eigenvalue weighted by molar-refractivity contribution is -0.121. The number of amides is 4. The second-order valence-corrected chi connectivity index (χ2v) is 7.93. The summed E-state index contributed by atoms with van der Waals surface area (Å²) < 4.78 is 0.675. The molecule has 160 valence electrons. The fourth-order valence-electron chi connectivity index (χ4n) is 3.29. The van der Waals surface area contributed by atoms with Crippen LogP contribution < -0.4 is 10.6 Å². The highest BCUT2D eigenvalue weighted by atomic mass is 79.9. The molecule has 1 aliphatic heterocycles. The Hall–Kier alpha value is -3.85. The second kappa shape index (κ2) is 9.11. The molecule has 0 atom stereocenters. The molecular weight excluding hydrogens is 476 g/mol. The molecule has 0 spiro atoms. The first-order valence-corrected chi connectivity index (χ1v) is 10.4. The van der Waals surface area contributed by atoms with Crippen molar-refractivity contribution in [2.24, 2.45) is 0 Å². The Morgan fingerprint density at radius 1 is 0.969 bits per heavy atom. The van der Waals surface area contributed by atoms with Crippen LogP contribution in [0.15, 0.2) is 71.5 Å². The lowest BCUT2D eigenvalue weighted by atomic mass is 10.1. The molecule has 2 N–H and O–H groups in total. The number of aromatic nitrogens is 1. The normalized spacial score (nSPS) is 12.5. The molecule has 4 amide bonds. The maximum absolute atomic E-state index is 12.5. The van der Waals surface area contributed by atoms with Gasteiger partial charge in [0.05, 0.1) is 16.7 Å². The van der Waals surface area contributed by atoms with E-state index in [-0.39, 0.29) is 23.6 Å². The number of para-hydroxylation sites is 1. The molecule has 0 bridgehead atoms. The summed E-state index contributed by atoms with van der Waals surface area (Å²) in [5.74, 6) is -1.83. The van der Waals surface area contributed by atoms with E-state index in [9.17, 15) is 19.2 Å². The van der Waals surface area contributed by atoms with Crippen LogP contribution in [0, 0.1) is 0 Å². The summed E-state index contributed by atoms with van der Waals surface area (Å²) in [6, 6.07) is 15.1. The van der Waals surface area contributed by atoms with E-state index >= 15 is 0 Å². The lowest BCUT2D eigenvalue weighted by Crippen LogP contribution is -2.40. The fourth-order valence-corrected chi connectivity index (χ4v) is 3.65. The van der Waals surface area contributed by atoms with Crippen LogP contribution in [0.5, 0.6) is 0 Å². The maximum Gasteiger partial charge on any atom is 0.262 e. The van der Waals surface area contributed by atoms with Crippen molar-refractivity contribution in [1.29, 1.82) is 0 Å². The molecule has 0 unspecified atom stereocenters. The van der Waals surface area contributed by atoms with Gasteiger partial charge in [-0.2, -0.15) is 0 Å². The van der Waals surface area contributed by atoms with E-state index in [1.807, 2.05) is 0 Å². The van der Waals surface area contributed by atoms with E-state index in [0.717, 1.165) is 4.90 Å². The molecule has 8 nitrogen and oxygen atoms in total. The van der Waals surface area contributed by atoms with Crippen LogP contribution in [-0.2, 0) is 11.3 Å². The predicted molar refractivity (Wildman–Crippen MR) is 120 cm³/mol. The highest BCUT2D eigenvalue weighted by Gasteiger charge is 2.36. The Kier molecular flexibility index (Phi) is 6.09. The van der Waals surface area contributed by atoms with E-state index in [2.05, 4.69) is 31.5 Å². The topological polar surface area (TPSA) is 108 Å². The van der Waals surface area contributed by atoms with Gasteiger partial charge in [0.1, 0.15) is 6.54 Å². The molecule has 1 aliphatic rings. The Morgan fingerprint density at radius 2 is 1.75 bits per heavy atom. The minimum Gasteiger partial charge on any atom is -0.350 e. The third-order valence-corrected chi connectivity index (χ3v) is 5.39. The molecule has 0 saturated heterocycles. The van der Waals surface area contributed by atoms with E-state index in [1.165, 1.54) is 6.20 Å². The van der Waals surface area contributed by atoms with E-state index in [4.69, 9.17) is 0 Å². The molecule has 0 radical (unpaired) electrons. The molecule has 2 heterocycles. The van der Waals surface area contributed by atoms with Gasteiger partial charge >= 0.3 is 0 Å². The van der Waals surface area contributed by atoms with Crippen molar-refractivity contribution in [3.8, 4) is 0 Å². The number of hydrogen-bond donors (Lipinski definition) is 2. The molecule has 1 aromatic heterocycles. The van der Waals surface area contributed by atoms with Crippen molar-refractivity contribution in [3.05, 3.63) is 93.7 Å². The molecule has 3 aromatic rings. The van der Waals surface area contributed by atoms with Crippen molar-refractivity contribution in [3.63, 3.8) is 0 Å². The number of carbonyl (C=O) groups is 4. The van der Waals surface area contributed by atoms with Gasteiger partial charge in [-0.15, -0.1) is 0 Å². The number of benzene rings is 2. The number of anilines is 1. The molecule has 0 saturated carbocycles. The first-order valence-electron chi connectivity index (χ1n) is 9.66. The summed E-state index contributed by atoms with van der Waals surface area (Å²) in [4.78, 5) is 54.8. The quantitative estimate of drug-likeness (QED) is 0.514. The van der Waals surface area contributed by atoms with E-state index in [0.29, 0.717) is 21.3 Å². The summed E-state index contributed by atoms with van der Waals surface area (Å²) in [5.41, 5.74) is 2.15. The monoisotopic (exact) mass is 492 g/mol. The fraction of sp³-hybridized carbons (Fsp3) is 0.0870. The van der Waals surface area contributed by atoms with Crippen LogP contribution in [0.4, 0.5) is 5.69 Å². The smallest absolute Gasteiger partial charge is 0.262 e. The van der Waals surface area contributed by atoms with Gasteiger partial charge in [0.25, 0.3) is 17.7 Å². The van der Waals surface area contributed by atoms with E-state index < -0.39 is 24.3 Å². The number of rotatable bonds is 6. The molecule has 0 fully saturated rings. The Labute approximate surface area is 191 Å². The van der Waals surface area contributed by atoms with Gasteiger partial charge in [-0.25, -0.2) is 0 Å². The van der Waals surface area contributed by atoms with Crippen LogP contribution in [-0.4, -0.2) is 40.1 Å². The molecule has 4 rings (SSSR count). The number of pyridine rings is 1. The highest BCUT2D eigenvalue weighted by Crippen LogP contribution is 2.25. The van der Waals surface area contributed by atoms with Crippen molar-refractivity contribution in [2.75, 3.05) is 11.9 Å². The van der Waals surface area contributed by atoms with Gasteiger partial charge in [0, 0.05) is 29.1 Å². The first kappa shape index (κ1) is 21.4. The zero-order valence-electron chi connectivity index (χ0n) is 16.7. The van der Waals surface area contributed by atoms with Crippen molar-refractivity contribution < 1.29 is 19.2 Å². The second-order valence-electron chi connectivity index (χ2n) is 7.02. The number of imide groups is 1. The van der Waals surface area contributed by atoms with Crippen LogP contribution in [0.3, 0.4) is 0 Å². The van der Waals surface area contributed by atoms with Gasteiger partial charge < -0.3 is 10.6 Å². The third kappa shape index (κ3) is 4.42. The Morgan fingerprint density at radius 3 is 2.53 bits per heavy atom. The van der Waals surface area contributed by atoms with E-state index in [1.54, 1.807) is 60.8 Å². The number of hydrogen-bond acceptors (Lipinski definition) is 5. The van der Waals surface area contributed by atoms with Crippen LogP contribution in [0.1, 0.15) is 36.6 Å². The third-order valence-electron chi connectivity index (χ3n) is 4.90. The number of carbonyl (C=O) groups excluding carboxylic acids is 4. The largest absolute Gasteiger partial charge is 0.350 e. The summed E-state index contributed by atoms with van der Waals surface area (Å²) >= 11 is 3.28. The molecule has 32 heavy (non-hydrogen) atoms. The zero-order valence-corrected chi connectivity index (χ0v) is 18.3. The molecule has 9 heteroatoms. The SMILES string of the molecule is O=C(CN1C(=O)c2ccc(Br)cc2C1=O)NCc1ccccc1NC(=O)c1cccnc1. The average Bonchev–Trinajstić information content (AvgIpc) is 3.03. The van der Waals surface area contributed by atoms with Gasteiger partial charge in [-0.05, 0) is 42.0 Å².